The maximum atomic E-state index is 12.0. The highest BCUT2D eigenvalue weighted by Gasteiger charge is 2.38. The Balaban J connectivity index is 2.16. The van der Waals surface area contributed by atoms with Gasteiger partial charge in [-0.2, -0.15) is 4.31 Å². The molecule has 0 radical (unpaired) electrons. The van der Waals surface area contributed by atoms with E-state index in [4.69, 9.17) is 5.11 Å². The summed E-state index contributed by atoms with van der Waals surface area (Å²) in [6, 6.07) is 9.12. The first-order valence-electron chi connectivity index (χ1n) is 7.24. The third-order valence-electron chi connectivity index (χ3n) is 3.83. The summed E-state index contributed by atoms with van der Waals surface area (Å²) in [4.78, 5) is 13.2. The maximum absolute atomic E-state index is 12.0. The lowest BCUT2D eigenvalue weighted by atomic mass is 10.1. The summed E-state index contributed by atoms with van der Waals surface area (Å²) < 4.78 is 25.3. The van der Waals surface area contributed by atoms with Gasteiger partial charge in [0.05, 0.1) is 12.7 Å². The van der Waals surface area contributed by atoms with Gasteiger partial charge in [0.25, 0.3) is 0 Å². The average molecular weight is 326 g/mol. The van der Waals surface area contributed by atoms with Crippen LogP contribution in [0.1, 0.15) is 18.9 Å². The molecule has 0 amide bonds. The van der Waals surface area contributed by atoms with Gasteiger partial charge < -0.3 is 5.11 Å². The van der Waals surface area contributed by atoms with Gasteiger partial charge >= 0.3 is 5.97 Å². The number of sulfonamides is 1. The minimum absolute atomic E-state index is 0.178. The fraction of sp³-hybridized carbons (Fsp3) is 0.533. The van der Waals surface area contributed by atoms with Crippen molar-refractivity contribution in [1.82, 2.24) is 9.21 Å². The molecule has 1 aromatic rings. The second kappa shape index (κ2) is 6.76. The molecular weight excluding hydrogens is 304 g/mol. The molecule has 1 saturated heterocycles. The Morgan fingerprint density at radius 2 is 1.91 bits per heavy atom. The fourth-order valence-electron chi connectivity index (χ4n) is 3.19. The van der Waals surface area contributed by atoms with E-state index in [0.29, 0.717) is 19.6 Å². The lowest BCUT2D eigenvalue weighted by Gasteiger charge is -2.43. The highest BCUT2D eigenvalue weighted by Crippen LogP contribution is 2.23. The molecule has 1 aromatic carbocycles. The van der Waals surface area contributed by atoms with Crippen LogP contribution in [-0.2, 0) is 21.4 Å². The normalized spacial score (nSPS) is 24.3. The van der Waals surface area contributed by atoms with E-state index in [9.17, 15) is 13.2 Å². The van der Waals surface area contributed by atoms with Gasteiger partial charge in [-0.05, 0) is 12.5 Å². The molecule has 1 N–H and O–H groups in total. The molecule has 1 heterocycles. The van der Waals surface area contributed by atoms with Crippen LogP contribution in [0.5, 0.6) is 0 Å². The number of carboxylic acid groups (broad SMARTS) is 1. The molecule has 2 atom stereocenters. The fourth-order valence-corrected chi connectivity index (χ4v) is 4.59. The summed E-state index contributed by atoms with van der Waals surface area (Å²) in [6.45, 7) is 3.54. The second-order valence-corrected chi connectivity index (χ2v) is 7.76. The second-order valence-electron chi connectivity index (χ2n) is 5.87. The first-order valence-corrected chi connectivity index (χ1v) is 9.09. The molecule has 0 aliphatic carbocycles. The number of benzene rings is 1. The Labute approximate surface area is 131 Å². The van der Waals surface area contributed by atoms with Crippen LogP contribution in [0, 0.1) is 0 Å². The molecule has 0 saturated carbocycles. The SMILES string of the molecule is CC1CN(Cc2ccccc2)CC(CC(=O)O)N1S(C)(=O)=O. The Morgan fingerprint density at radius 1 is 1.27 bits per heavy atom. The molecule has 2 rings (SSSR count). The van der Waals surface area contributed by atoms with Crippen molar-refractivity contribution in [3.05, 3.63) is 35.9 Å². The third kappa shape index (κ3) is 4.28. The lowest BCUT2D eigenvalue weighted by molar-refractivity contribution is -0.138. The van der Waals surface area contributed by atoms with Crippen molar-refractivity contribution in [1.29, 1.82) is 0 Å². The van der Waals surface area contributed by atoms with Crippen molar-refractivity contribution in [2.45, 2.75) is 32.0 Å². The summed E-state index contributed by atoms with van der Waals surface area (Å²) in [5.74, 6) is -0.979. The molecule has 22 heavy (non-hydrogen) atoms. The van der Waals surface area contributed by atoms with Crippen LogP contribution in [0.4, 0.5) is 0 Å². The van der Waals surface area contributed by atoms with E-state index in [1.165, 1.54) is 4.31 Å². The number of rotatable bonds is 5. The van der Waals surface area contributed by atoms with E-state index in [2.05, 4.69) is 4.90 Å². The predicted octanol–water partition coefficient (Wildman–Crippen LogP) is 0.996. The highest BCUT2D eigenvalue weighted by atomic mass is 32.2. The van der Waals surface area contributed by atoms with E-state index in [1.54, 1.807) is 0 Å². The highest BCUT2D eigenvalue weighted by molar-refractivity contribution is 7.88. The van der Waals surface area contributed by atoms with E-state index < -0.39 is 22.0 Å². The van der Waals surface area contributed by atoms with Crippen molar-refractivity contribution in [3.8, 4) is 0 Å². The van der Waals surface area contributed by atoms with Crippen LogP contribution in [0.15, 0.2) is 30.3 Å². The number of carboxylic acids is 1. The molecule has 1 aliphatic heterocycles. The number of hydrogen-bond donors (Lipinski definition) is 1. The molecular formula is C15H22N2O4S. The number of hydrogen-bond acceptors (Lipinski definition) is 4. The smallest absolute Gasteiger partial charge is 0.305 e. The lowest BCUT2D eigenvalue weighted by Crippen LogP contribution is -2.59. The molecule has 6 nitrogen and oxygen atoms in total. The maximum Gasteiger partial charge on any atom is 0.305 e. The topological polar surface area (TPSA) is 77.9 Å². The predicted molar refractivity (Wildman–Crippen MR) is 83.9 cm³/mol. The monoisotopic (exact) mass is 326 g/mol. The van der Waals surface area contributed by atoms with Crippen molar-refractivity contribution in [2.24, 2.45) is 0 Å². The van der Waals surface area contributed by atoms with Crippen molar-refractivity contribution >= 4 is 16.0 Å². The van der Waals surface area contributed by atoms with Crippen LogP contribution in [0.2, 0.25) is 0 Å². The van der Waals surface area contributed by atoms with E-state index in [1.807, 2.05) is 37.3 Å². The molecule has 7 heteroatoms. The molecule has 0 bridgehead atoms. The van der Waals surface area contributed by atoms with E-state index in [-0.39, 0.29) is 12.5 Å². The molecule has 122 valence electrons. The summed E-state index contributed by atoms with van der Waals surface area (Å²) in [5.41, 5.74) is 1.14. The minimum atomic E-state index is -3.42. The zero-order valence-corrected chi connectivity index (χ0v) is 13.7. The van der Waals surface area contributed by atoms with Crippen molar-refractivity contribution in [3.63, 3.8) is 0 Å². The first-order chi connectivity index (χ1) is 10.3. The minimum Gasteiger partial charge on any atom is -0.481 e. The van der Waals surface area contributed by atoms with Gasteiger partial charge in [-0.3, -0.25) is 9.69 Å². The van der Waals surface area contributed by atoms with Crippen LogP contribution < -0.4 is 0 Å². The van der Waals surface area contributed by atoms with Gasteiger partial charge in [0.15, 0.2) is 0 Å². The standard InChI is InChI=1S/C15H22N2O4S/c1-12-9-16(10-13-6-4-3-5-7-13)11-14(8-15(18)19)17(12)22(2,20)21/h3-7,12,14H,8-11H2,1-2H3,(H,18,19). The van der Waals surface area contributed by atoms with E-state index in [0.717, 1.165) is 11.8 Å². The number of piperazine rings is 1. The zero-order chi connectivity index (χ0) is 16.3. The van der Waals surface area contributed by atoms with Gasteiger partial charge in [0, 0.05) is 31.7 Å². The number of nitrogens with zero attached hydrogens (tertiary/aromatic N) is 2. The summed E-state index contributed by atoms with van der Waals surface area (Å²) >= 11 is 0. The van der Waals surface area contributed by atoms with Gasteiger partial charge in [-0.25, -0.2) is 8.42 Å². The zero-order valence-electron chi connectivity index (χ0n) is 12.8. The molecule has 0 aromatic heterocycles. The van der Waals surface area contributed by atoms with Crippen LogP contribution >= 0.6 is 0 Å². The molecule has 1 aliphatic rings. The Kier molecular flexibility index (Phi) is 5.20. The third-order valence-corrected chi connectivity index (χ3v) is 5.25. The first kappa shape index (κ1) is 16.9. The Hall–Kier alpha value is -1.44. The quantitative estimate of drug-likeness (QED) is 0.873. The van der Waals surface area contributed by atoms with Crippen molar-refractivity contribution < 1.29 is 18.3 Å². The van der Waals surface area contributed by atoms with Gasteiger partial charge in [0.1, 0.15) is 0 Å². The largest absolute Gasteiger partial charge is 0.481 e. The molecule has 2 unspecified atom stereocenters. The van der Waals surface area contributed by atoms with Gasteiger partial charge in [0.2, 0.25) is 10.0 Å². The van der Waals surface area contributed by atoms with Crippen LogP contribution in [0.3, 0.4) is 0 Å². The Bertz CT molecular complexity index is 618. The average Bonchev–Trinajstić information content (AvgIpc) is 2.36. The van der Waals surface area contributed by atoms with Crippen LogP contribution in [0.25, 0.3) is 0 Å². The molecule has 1 fully saturated rings. The molecule has 0 spiro atoms. The van der Waals surface area contributed by atoms with Gasteiger partial charge in [-0.1, -0.05) is 30.3 Å². The summed E-state index contributed by atoms with van der Waals surface area (Å²) in [6.07, 6.45) is 0.966. The van der Waals surface area contributed by atoms with Gasteiger partial charge in [-0.15, -0.1) is 0 Å². The summed E-state index contributed by atoms with van der Waals surface area (Å²) in [5, 5.41) is 9.07. The number of aliphatic carboxylic acids is 1. The van der Waals surface area contributed by atoms with Crippen LogP contribution in [-0.4, -0.2) is 60.1 Å². The number of carbonyl (C=O) groups is 1. The van der Waals surface area contributed by atoms with E-state index >= 15 is 0 Å². The van der Waals surface area contributed by atoms with Crippen molar-refractivity contribution in [2.75, 3.05) is 19.3 Å². The summed E-state index contributed by atoms with van der Waals surface area (Å²) in [7, 11) is -3.42. The Morgan fingerprint density at radius 3 is 2.45 bits per heavy atom.